The second kappa shape index (κ2) is 9.80. The largest absolute Gasteiger partial charge is 0.486 e. The van der Waals surface area contributed by atoms with Gasteiger partial charge < -0.3 is 29.6 Å². The van der Waals surface area contributed by atoms with E-state index in [-0.39, 0.29) is 37.4 Å². The Labute approximate surface area is 192 Å². The normalized spacial score (nSPS) is 23.4. The Balaban J connectivity index is 1.75. The first-order valence-electron chi connectivity index (χ1n) is 11.3. The van der Waals surface area contributed by atoms with Gasteiger partial charge in [0.2, 0.25) is 11.8 Å². The summed E-state index contributed by atoms with van der Waals surface area (Å²) in [5.41, 5.74) is 2.03. The summed E-state index contributed by atoms with van der Waals surface area (Å²) in [6, 6.07) is 8.40. The number of nitrogens with zero attached hydrogens (tertiary/aromatic N) is 1. The topological polar surface area (TPSA) is 112 Å². The van der Waals surface area contributed by atoms with Gasteiger partial charge in [0.25, 0.3) is 0 Å². The molecule has 1 aliphatic carbocycles. The lowest BCUT2D eigenvalue weighted by Crippen LogP contribution is -2.55. The molecule has 1 aromatic carbocycles. The number of furan rings is 1. The summed E-state index contributed by atoms with van der Waals surface area (Å²) >= 11 is 0. The van der Waals surface area contributed by atoms with Crippen LogP contribution in [0.2, 0.25) is 0 Å². The third kappa shape index (κ3) is 4.67. The minimum absolute atomic E-state index is 0.105. The Morgan fingerprint density at radius 1 is 1.21 bits per heavy atom. The van der Waals surface area contributed by atoms with Gasteiger partial charge in [-0.15, -0.1) is 0 Å². The van der Waals surface area contributed by atoms with E-state index in [9.17, 15) is 19.8 Å². The number of nitrogens with one attached hydrogen (secondary N) is 1. The van der Waals surface area contributed by atoms with Crippen LogP contribution in [0.4, 0.5) is 0 Å². The summed E-state index contributed by atoms with van der Waals surface area (Å²) in [6.45, 7) is 4.07. The third-order valence-electron chi connectivity index (χ3n) is 6.07. The Kier molecular flexibility index (Phi) is 6.85. The van der Waals surface area contributed by atoms with Crippen molar-refractivity contribution in [3.63, 3.8) is 0 Å². The number of hydrogen-bond donors (Lipinski definition) is 3. The number of hydrogen-bond acceptors (Lipinski definition) is 6. The maximum Gasteiger partial charge on any atom is 0.247 e. The third-order valence-corrected chi connectivity index (χ3v) is 6.07. The molecule has 176 valence electrons. The number of carbonyl (C=O) groups excluding carboxylic acids is 2. The number of fused-ring (bicyclic) bond motifs is 3. The van der Waals surface area contributed by atoms with Crippen molar-refractivity contribution in [2.45, 2.75) is 51.0 Å². The molecule has 0 bridgehead atoms. The van der Waals surface area contributed by atoms with E-state index >= 15 is 0 Å². The number of rotatable bonds is 8. The first kappa shape index (κ1) is 23.1. The summed E-state index contributed by atoms with van der Waals surface area (Å²) in [5.74, 6) is -0.211. The highest BCUT2D eigenvalue weighted by atomic mass is 16.5. The molecule has 1 aliphatic heterocycles. The Bertz CT molecular complexity index is 1020. The lowest BCUT2D eigenvalue weighted by atomic mass is 9.77. The fourth-order valence-corrected chi connectivity index (χ4v) is 4.60. The van der Waals surface area contributed by atoms with E-state index in [0.29, 0.717) is 17.7 Å². The van der Waals surface area contributed by atoms with Crippen molar-refractivity contribution < 1.29 is 29.0 Å². The van der Waals surface area contributed by atoms with Gasteiger partial charge in [-0.25, -0.2) is 0 Å². The molecule has 0 unspecified atom stereocenters. The zero-order valence-corrected chi connectivity index (χ0v) is 18.8. The van der Waals surface area contributed by atoms with Crippen molar-refractivity contribution in [1.82, 2.24) is 10.2 Å². The molecule has 8 nitrogen and oxygen atoms in total. The molecule has 4 rings (SSSR count). The van der Waals surface area contributed by atoms with Crippen molar-refractivity contribution in [2.24, 2.45) is 5.92 Å². The lowest BCUT2D eigenvalue weighted by Gasteiger charge is -2.40. The second-order valence-corrected chi connectivity index (χ2v) is 8.93. The molecule has 1 aromatic heterocycles. The molecule has 2 aromatic rings. The monoisotopic (exact) mass is 454 g/mol. The van der Waals surface area contributed by atoms with Crippen molar-refractivity contribution >= 4 is 11.8 Å². The van der Waals surface area contributed by atoms with Gasteiger partial charge in [0, 0.05) is 36.2 Å². The number of aliphatic hydroxyl groups is 2. The highest BCUT2D eigenvalue weighted by molar-refractivity contribution is 5.96. The van der Waals surface area contributed by atoms with Gasteiger partial charge >= 0.3 is 0 Å². The van der Waals surface area contributed by atoms with E-state index in [0.717, 1.165) is 11.1 Å². The number of benzene rings is 1. The quantitative estimate of drug-likeness (QED) is 0.562. The smallest absolute Gasteiger partial charge is 0.247 e. The SMILES string of the molecule is CC(C)CC(=O)N(Cc1ccoc1)[C@@H]1C=C(C(=O)NCCO)[C@@H]2c3ccccc3O[C@@H]2[C@H]1O. The molecule has 0 fully saturated rings. The van der Waals surface area contributed by atoms with Gasteiger partial charge in [0.05, 0.1) is 31.1 Å². The molecule has 8 heteroatoms. The number of amides is 2. The van der Waals surface area contributed by atoms with E-state index in [4.69, 9.17) is 9.15 Å². The highest BCUT2D eigenvalue weighted by Gasteiger charge is 2.50. The van der Waals surface area contributed by atoms with Crippen LogP contribution in [0.15, 0.2) is 58.9 Å². The molecular formula is C25H30N2O6. The van der Waals surface area contributed by atoms with Crippen LogP contribution in [0.25, 0.3) is 0 Å². The number of carbonyl (C=O) groups is 2. The molecular weight excluding hydrogens is 424 g/mol. The molecule has 3 N–H and O–H groups in total. The van der Waals surface area contributed by atoms with Gasteiger partial charge in [-0.2, -0.15) is 0 Å². The van der Waals surface area contributed by atoms with Crippen LogP contribution in [-0.2, 0) is 16.1 Å². The van der Waals surface area contributed by atoms with E-state index in [2.05, 4.69) is 5.32 Å². The van der Waals surface area contributed by atoms with Crippen molar-refractivity contribution in [3.8, 4) is 5.75 Å². The van der Waals surface area contributed by atoms with Gasteiger partial charge in [0.15, 0.2) is 0 Å². The summed E-state index contributed by atoms with van der Waals surface area (Å²) in [6.07, 6.45) is 3.33. The molecule has 0 spiro atoms. The molecule has 4 atom stereocenters. The van der Waals surface area contributed by atoms with Crippen molar-refractivity contribution in [3.05, 3.63) is 65.6 Å². The first-order valence-corrected chi connectivity index (χ1v) is 11.3. The minimum Gasteiger partial charge on any atom is -0.486 e. The van der Waals surface area contributed by atoms with E-state index in [1.165, 1.54) is 6.26 Å². The van der Waals surface area contributed by atoms with E-state index < -0.39 is 24.2 Å². The molecule has 0 saturated heterocycles. The average Bonchev–Trinajstić information content (AvgIpc) is 3.44. The van der Waals surface area contributed by atoms with E-state index in [1.807, 2.05) is 38.1 Å². The summed E-state index contributed by atoms with van der Waals surface area (Å²) < 4.78 is 11.3. The Morgan fingerprint density at radius 3 is 2.70 bits per heavy atom. The summed E-state index contributed by atoms with van der Waals surface area (Å²) in [4.78, 5) is 28.0. The van der Waals surface area contributed by atoms with Gasteiger partial charge in [-0.1, -0.05) is 32.0 Å². The predicted molar refractivity (Wildman–Crippen MR) is 120 cm³/mol. The van der Waals surface area contributed by atoms with Crippen LogP contribution in [0.5, 0.6) is 5.75 Å². The van der Waals surface area contributed by atoms with Gasteiger partial charge in [0.1, 0.15) is 18.0 Å². The van der Waals surface area contributed by atoms with Crippen LogP contribution in [0.1, 0.15) is 37.3 Å². The Hall–Kier alpha value is -3.10. The summed E-state index contributed by atoms with van der Waals surface area (Å²) in [7, 11) is 0. The zero-order valence-electron chi connectivity index (χ0n) is 18.8. The number of aliphatic hydroxyl groups excluding tert-OH is 2. The molecule has 0 saturated carbocycles. The van der Waals surface area contributed by atoms with Crippen LogP contribution < -0.4 is 10.1 Å². The Morgan fingerprint density at radius 2 is 2.00 bits per heavy atom. The van der Waals surface area contributed by atoms with Crippen LogP contribution in [-0.4, -0.2) is 58.3 Å². The van der Waals surface area contributed by atoms with Crippen molar-refractivity contribution in [1.29, 1.82) is 0 Å². The van der Waals surface area contributed by atoms with Crippen LogP contribution >= 0.6 is 0 Å². The maximum absolute atomic E-state index is 13.3. The van der Waals surface area contributed by atoms with Crippen molar-refractivity contribution in [2.75, 3.05) is 13.2 Å². The molecule has 2 aliphatic rings. The standard InChI is InChI=1S/C25H30N2O6/c1-15(2)11-21(29)27(13-16-7-10-32-14-16)19-12-18(25(31)26-8-9-28)22-17-5-3-4-6-20(17)33-24(22)23(19)30/h3-7,10,12,14-15,19,22-24,28,30H,8-9,11,13H2,1-2H3,(H,26,31)/t19-,22+,23+,24+/m1/s1. The fraction of sp³-hybridized carbons (Fsp3) is 0.440. The van der Waals surface area contributed by atoms with Gasteiger partial charge in [-0.3, -0.25) is 9.59 Å². The van der Waals surface area contributed by atoms with Gasteiger partial charge in [-0.05, 0) is 24.1 Å². The van der Waals surface area contributed by atoms with Crippen LogP contribution in [0, 0.1) is 5.92 Å². The van der Waals surface area contributed by atoms with Crippen LogP contribution in [0.3, 0.4) is 0 Å². The highest BCUT2D eigenvalue weighted by Crippen LogP contribution is 2.47. The molecule has 2 amide bonds. The maximum atomic E-state index is 13.3. The summed E-state index contributed by atoms with van der Waals surface area (Å²) in [5, 5.41) is 23.3. The molecule has 33 heavy (non-hydrogen) atoms. The first-order chi connectivity index (χ1) is 15.9. The minimum atomic E-state index is -1.04. The zero-order chi connectivity index (χ0) is 23.5. The fourth-order valence-electron chi connectivity index (χ4n) is 4.60. The lowest BCUT2D eigenvalue weighted by molar-refractivity contribution is -0.138. The van der Waals surface area contributed by atoms with E-state index in [1.54, 1.807) is 23.3 Å². The molecule has 0 radical (unpaired) electrons. The number of para-hydroxylation sites is 1. The average molecular weight is 455 g/mol. The predicted octanol–water partition coefficient (Wildman–Crippen LogP) is 1.98. The number of ether oxygens (including phenoxy) is 1. The molecule has 2 heterocycles. The second-order valence-electron chi connectivity index (χ2n) is 8.93.